The van der Waals surface area contributed by atoms with Gasteiger partial charge in [-0.1, -0.05) is 18.2 Å². The third kappa shape index (κ3) is 3.11. The van der Waals surface area contributed by atoms with Gasteiger partial charge in [0.2, 0.25) is 5.91 Å². The molecule has 0 bridgehead atoms. The zero-order valence-electron chi connectivity index (χ0n) is 14.2. The largest absolute Gasteiger partial charge is 0.409 e. The summed E-state index contributed by atoms with van der Waals surface area (Å²) < 4.78 is 11.5. The van der Waals surface area contributed by atoms with E-state index in [1.165, 1.54) is 0 Å². The fraction of sp³-hybridized carbons (Fsp3) is 0.263. The summed E-state index contributed by atoms with van der Waals surface area (Å²) >= 11 is 0. The van der Waals surface area contributed by atoms with Crippen LogP contribution in [0.1, 0.15) is 26.3 Å². The van der Waals surface area contributed by atoms with Crippen LogP contribution >= 0.6 is 0 Å². The van der Waals surface area contributed by atoms with Crippen LogP contribution in [0.5, 0.6) is 11.8 Å². The zero-order chi connectivity index (χ0) is 17.3. The molecular weight excluding hydrogens is 304 g/mol. The van der Waals surface area contributed by atoms with Crippen LogP contribution in [0.3, 0.4) is 0 Å². The van der Waals surface area contributed by atoms with E-state index >= 15 is 0 Å². The van der Waals surface area contributed by atoms with E-state index in [4.69, 9.17) is 9.15 Å². The molecule has 0 saturated carbocycles. The van der Waals surface area contributed by atoms with Crippen LogP contribution in [0.25, 0.3) is 11.1 Å². The monoisotopic (exact) mass is 324 g/mol. The summed E-state index contributed by atoms with van der Waals surface area (Å²) in [7, 11) is 0. The molecule has 5 nitrogen and oxygen atoms in total. The van der Waals surface area contributed by atoms with Crippen LogP contribution < -0.4 is 9.64 Å². The van der Waals surface area contributed by atoms with Crippen molar-refractivity contribution in [2.45, 2.75) is 33.7 Å². The molecular formula is C19H20N2O3. The molecule has 1 aromatic heterocycles. The number of carbonyl (C=O) groups excluding carboxylic acids is 1. The number of ether oxygens (including phenoxy) is 1. The van der Waals surface area contributed by atoms with E-state index in [2.05, 4.69) is 4.98 Å². The van der Waals surface area contributed by atoms with Crippen LogP contribution in [-0.2, 0) is 4.79 Å². The van der Waals surface area contributed by atoms with Gasteiger partial charge in [0, 0.05) is 13.0 Å². The third-order valence-electron chi connectivity index (χ3n) is 3.70. The van der Waals surface area contributed by atoms with Gasteiger partial charge in [0.1, 0.15) is 5.52 Å². The van der Waals surface area contributed by atoms with Crippen molar-refractivity contribution in [2.24, 2.45) is 0 Å². The first-order valence-corrected chi connectivity index (χ1v) is 7.89. The number of anilines is 1. The maximum Gasteiger partial charge on any atom is 0.400 e. The van der Waals surface area contributed by atoms with Gasteiger partial charge in [-0.05, 0) is 50.6 Å². The zero-order valence-corrected chi connectivity index (χ0v) is 14.2. The van der Waals surface area contributed by atoms with Gasteiger partial charge in [-0.3, -0.25) is 4.79 Å². The highest BCUT2D eigenvalue weighted by molar-refractivity contribution is 5.93. The van der Waals surface area contributed by atoms with E-state index < -0.39 is 0 Å². The predicted molar refractivity (Wildman–Crippen MR) is 93.6 cm³/mol. The SMILES string of the molecule is CC(=O)N(c1ccccc1Oc1nc2cc(C)ccc2o1)C(C)C. The molecule has 0 radical (unpaired) electrons. The van der Waals surface area contributed by atoms with E-state index in [0.29, 0.717) is 17.0 Å². The standard InChI is InChI=1S/C19H20N2O3/c1-12(2)21(14(4)22)16-7-5-6-8-18(16)24-19-20-15-11-13(3)9-10-17(15)23-19/h5-12H,1-4H3. The molecule has 1 heterocycles. The Balaban J connectivity index is 1.98. The van der Waals surface area contributed by atoms with Crippen molar-refractivity contribution < 1.29 is 13.9 Å². The van der Waals surface area contributed by atoms with E-state index in [0.717, 1.165) is 11.1 Å². The molecule has 0 saturated heterocycles. The lowest BCUT2D eigenvalue weighted by Crippen LogP contribution is -2.35. The number of amides is 1. The first-order valence-electron chi connectivity index (χ1n) is 7.89. The van der Waals surface area contributed by atoms with E-state index in [1.807, 2.05) is 57.2 Å². The number of rotatable bonds is 4. The first-order chi connectivity index (χ1) is 11.5. The molecule has 0 aliphatic heterocycles. The van der Waals surface area contributed by atoms with Crippen LogP contribution in [-0.4, -0.2) is 16.9 Å². The lowest BCUT2D eigenvalue weighted by atomic mass is 10.2. The second-order valence-electron chi connectivity index (χ2n) is 6.00. The maximum atomic E-state index is 12.0. The summed E-state index contributed by atoms with van der Waals surface area (Å²) in [5, 5.41) is 0. The van der Waals surface area contributed by atoms with Gasteiger partial charge in [0.05, 0.1) is 5.69 Å². The van der Waals surface area contributed by atoms with Crippen molar-refractivity contribution in [1.29, 1.82) is 0 Å². The van der Waals surface area contributed by atoms with Crippen molar-refractivity contribution in [3.05, 3.63) is 48.0 Å². The molecule has 0 spiro atoms. The fourth-order valence-electron chi connectivity index (χ4n) is 2.71. The average Bonchev–Trinajstić information content (AvgIpc) is 2.89. The summed E-state index contributed by atoms with van der Waals surface area (Å²) in [6, 6.07) is 13.2. The summed E-state index contributed by atoms with van der Waals surface area (Å²) in [5.41, 5.74) is 3.21. The van der Waals surface area contributed by atoms with E-state index in [9.17, 15) is 4.79 Å². The summed E-state index contributed by atoms with van der Waals surface area (Å²) in [5.74, 6) is 0.485. The Morgan fingerprint density at radius 1 is 1.21 bits per heavy atom. The van der Waals surface area contributed by atoms with Gasteiger partial charge in [-0.25, -0.2) is 0 Å². The highest BCUT2D eigenvalue weighted by Crippen LogP contribution is 2.34. The lowest BCUT2D eigenvalue weighted by molar-refractivity contribution is -0.116. The molecule has 0 aliphatic rings. The molecule has 124 valence electrons. The molecule has 0 fully saturated rings. The molecule has 1 amide bonds. The second kappa shape index (κ2) is 6.35. The van der Waals surface area contributed by atoms with Gasteiger partial charge in [0.25, 0.3) is 0 Å². The second-order valence-corrected chi connectivity index (χ2v) is 6.00. The van der Waals surface area contributed by atoms with Crippen LogP contribution in [0.2, 0.25) is 0 Å². The van der Waals surface area contributed by atoms with E-state index in [-0.39, 0.29) is 18.0 Å². The number of hydrogen-bond donors (Lipinski definition) is 0. The Hall–Kier alpha value is -2.82. The summed E-state index contributed by atoms with van der Waals surface area (Å²) in [6.07, 6.45) is 0.162. The van der Waals surface area contributed by atoms with Gasteiger partial charge in [0.15, 0.2) is 11.3 Å². The number of nitrogens with zero attached hydrogens (tertiary/aromatic N) is 2. The number of aryl methyl sites for hydroxylation is 1. The van der Waals surface area contributed by atoms with Gasteiger partial charge >= 0.3 is 6.08 Å². The number of aromatic nitrogens is 1. The maximum absolute atomic E-state index is 12.0. The Morgan fingerprint density at radius 3 is 2.67 bits per heavy atom. The Labute approximate surface area is 140 Å². The Morgan fingerprint density at radius 2 is 1.96 bits per heavy atom. The van der Waals surface area contributed by atoms with E-state index in [1.54, 1.807) is 17.9 Å². The third-order valence-corrected chi connectivity index (χ3v) is 3.70. The highest BCUT2D eigenvalue weighted by atomic mass is 16.6. The smallest absolute Gasteiger partial charge is 0.400 e. The van der Waals surface area contributed by atoms with Crippen molar-refractivity contribution in [3.8, 4) is 11.8 Å². The minimum absolute atomic E-state index is 0.0125. The number of benzene rings is 2. The van der Waals surface area contributed by atoms with Crippen LogP contribution in [0, 0.1) is 6.92 Å². The molecule has 0 N–H and O–H groups in total. The minimum Gasteiger partial charge on any atom is -0.409 e. The minimum atomic E-state index is -0.0470. The topological polar surface area (TPSA) is 55.6 Å². The summed E-state index contributed by atoms with van der Waals surface area (Å²) in [4.78, 5) is 18.0. The predicted octanol–water partition coefficient (Wildman–Crippen LogP) is 4.69. The van der Waals surface area contributed by atoms with Crippen molar-refractivity contribution in [1.82, 2.24) is 4.98 Å². The fourth-order valence-corrected chi connectivity index (χ4v) is 2.71. The lowest BCUT2D eigenvalue weighted by Gasteiger charge is -2.26. The number of carbonyl (C=O) groups is 1. The van der Waals surface area contributed by atoms with Gasteiger partial charge < -0.3 is 14.1 Å². The molecule has 0 aliphatic carbocycles. The number of oxazole rings is 1. The van der Waals surface area contributed by atoms with Gasteiger partial charge in [-0.15, -0.1) is 0 Å². The number of hydrogen-bond acceptors (Lipinski definition) is 4. The number of fused-ring (bicyclic) bond motifs is 1. The molecule has 2 aromatic carbocycles. The molecule has 3 rings (SSSR count). The van der Waals surface area contributed by atoms with Crippen molar-refractivity contribution in [2.75, 3.05) is 4.90 Å². The van der Waals surface area contributed by atoms with Crippen molar-refractivity contribution in [3.63, 3.8) is 0 Å². The normalized spacial score (nSPS) is 11.0. The molecule has 0 atom stereocenters. The summed E-state index contributed by atoms with van der Waals surface area (Å²) in [6.45, 7) is 7.46. The Kier molecular flexibility index (Phi) is 4.25. The number of para-hydroxylation sites is 2. The van der Waals surface area contributed by atoms with Gasteiger partial charge in [-0.2, -0.15) is 4.98 Å². The molecule has 5 heteroatoms. The molecule has 24 heavy (non-hydrogen) atoms. The quantitative estimate of drug-likeness (QED) is 0.698. The molecule has 3 aromatic rings. The van der Waals surface area contributed by atoms with Crippen LogP contribution in [0.4, 0.5) is 5.69 Å². The van der Waals surface area contributed by atoms with Crippen LogP contribution in [0.15, 0.2) is 46.9 Å². The highest BCUT2D eigenvalue weighted by Gasteiger charge is 2.20. The molecule has 0 unspecified atom stereocenters. The first kappa shape index (κ1) is 16.1. The Bertz CT molecular complexity index is 883. The van der Waals surface area contributed by atoms with Crippen molar-refractivity contribution >= 4 is 22.7 Å². The average molecular weight is 324 g/mol.